The van der Waals surface area contributed by atoms with Crippen LogP contribution in [0.5, 0.6) is 0 Å². The van der Waals surface area contributed by atoms with Crippen LogP contribution in [-0.4, -0.2) is 24.1 Å². The lowest BCUT2D eigenvalue weighted by molar-refractivity contribution is 1.07. The van der Waals surface area contributed by atoms with Crippen LogP contribution in [0.1, 0.15) is 19.4 Å². The highest BCUT2D eigenvalue weighted by atomic mass is 15.0. The van der Waals surface area contributed by atoms with E-state index in [1.807, 2.05) is 50.2 Å². The molecule has 0 aliphatic rings. The summed E-state index contributed by atoms with van der Waals surface area (Å²) in [6.45, 7) is 6.19. The van der Waals surface area contributed by atoms with E-state index >= 15 is 0 Å². The highest BCUT2D eigenvalue weighted by Crippen LogP contribution is 2.42. The van der Waals surface area contributed by atoms with Gasteiger partial charge in [0.25, 0.3) is 0 Å². The first kappa shape index (κ1) is 39.4. The van der Waals surface area contributed by atoms with Gasteiger partial charge in [-0.3, -0.25) is 0 Å². The van der Waals surface area contributed by atoms with E-state index in [0.29, 0.717) is 17.5 Å². The van der Waals surface area contributed by atoms with Crippen LogP contribution >= 0.6 is 0 Å². The zero-order chi connectivity index (χ0) is 43.9. The molecule has 12 rings (SSSR count). The minimum Gasteiger partial charge on any atom is -0.309 e. The maximum absolute atomic E-state index is 5.26. The SMILES string of the molecule is CC.Cc1ccccc1-n1c2ccc(-c3ccccc3)cc2c2cc(-c3cc(-n4c5ccccc5c5ccccc54)ccc3-c3nc(-c4ccccc4)nc(-c4ccccc4)n3)ccc21. The van der Waals surface area contributed by atoms with E-state index in [0.717, 1.165) is 55.6 Å². The summed E-state index contributed by atoms with van der Waals surface area (Å²) in [5.74, 6) is 1.87. The molecule has 0 amide bonds. The summed E-state index contributed by atoms with van der Waals surface area (Å²) in [5, 5.41) is 4.79. The van der Waals surface area contributed by atoms with E-state index < -0.39 is 0 Å². The number of fused-ring (bicyclic) bond motifs is 6. The second-order valence-corrected chi connectivity index (χ2v) is 16.1. The Labute approximate surface area is 378 Å². The van der Waals surface area contributed by atoms with Crippen LogP contribution in [0.25, 0.3) is 111 Å². The maximum Gasteiger partial charge on any atom is 0.164 e. The van der Waals surface area contributed by atoms with Crippen LogP contribution < -0.4 is 0 Å². The number of rotatable bonds is 7. The Morgan fingerprint density at radius 2 is 0.769 bits per heavy atom. The molecule has 12 aromatic rings. The van der Waals surface area contributed by atoms with Crippen molar-refractivity contribution >= 4 is 43.6 Å². The normalized spacial score (nSPS) is 11.3. The third-order valence-corrected chi connectivity index (χ3v) is 12.3. The molecule has 65 heavy (non-hydrogen) atoms. The third-order valence-electron chi connectivity index (χ3n) is 12.3. The standard InChI is InChI=1S/C58H39N5.C2H6/c1-38-17-11-14-26-51(38)63-54-33-29-42(39-18-5-2-6-19-39)35-49(54)50-36-43(30-34-55(50)63)48-37-44(62-52-27-15-12-24-45(52)46-25-13-16-28-53(46)62)31-32-47(48)58-60-56(40-20-7-3-8-21-40)59-57(61-58)41-22-9-4-10-23-41;1-2/h2-37H,1H3;1-2H3. The van der Waals surface area contributed by atoms with Gasteiger partial charge in [0.05, 0.1) is 22.1 Å². The average molecular weight is 836 g/mol. The zero-order valence-electron chi connectivity index (χ0n) is 36.5. The summed E-state index contributed by atoms with van der Waals surface area (Å²) in [6.07, 6.45) is 0. The average Bonchev–Trinajstić information content (AvgIpc) is 3.90. The molecule has 5 nitrogen and oxygen atoms in total. The van der Waals surface area contributed by atoms with Crippen LogP contribution in [0, 0.1) is 6.92 Å². The number of nitrogens with zero attached hydrogens (tertiary/aromatic N) is 5. The molecule has 5 heteroatoms. The van der Waals surface area contributed by atoms with E-state index in [1.54, 1.807) is 0 Å². The Morgan fingerprint density at radius 1 is 0.308 bits per heavy atom. The predicted octanol–water partition coefficient (Wildman–Crippen LogP) is 15.7. The molecule has 0 atom stereocenters. The van der Waals surface area contributed by atoms with E-state index in [2.05, 4.69) is 198 Å². The van der Waals surface area contributed by atoms with Crippen molar-refractivity contribution in [3.05, 3.63) is 224 Å². The van der Waals surface area contributed by atoms with Gasteiger partial charge >= 0.3 is 0 Å². The Kier molecular flexibility index (Phi) is 10.1. The van der Waals surface area contributed by atoms with Gasteiger partial charge < -0.3 is 9.13 Å². The fourth-order valence-corrected chi connectivity index (χ4v) is 9.31. The summed E-state index contributed by atoms with van der Waals surface area (Å²) in [7, 11) is 0. The Morgan fingerprint density at radius 3 is 1.35 bits per heavy atom. The van der Waals surface area contributed by atoms with Gasteiger partial charge in [0.1, 0.15) is 0 Å². The van der Waals surface area contributed by atoms with Crippen LogP contribution in [0.4, 0.5) is 0 Å². The highest BCUT2D eigenvalue weighted by Gasteiger charge is 2.21. The number of aromatic nitrogens is 5. The van der Waals surface area contributed by atoms with Crippen LogP contribution in [0.3, 0.4) is 0 Å². The number of para-hydroxylation sites is 3. The molecular formula is C60H45N5. The third kappa shape index (κ3) is 6.95. The molecular weight excluding hydrogens is 791 g/mol. The van der Waals surface area contributed by atoms with Gasteiger partial charge in [-0.1, -0.05) is 172 Å². The lowest BCUT2D eigenvalue weighted by Crippen LogP contribution is -2.02. The minimum atomic E-state index is 0.611. The van der Waals surface area contributed by atoms with Crippen molar-refractivity contribution in [1.29, 1.82) is 0 Å². The fourth-order valence-electron chi connectivity index (χ4n) is 9.31. The molecule has 0 saturated heterocycles. The Balaban J connectivity index is 0.00000231. The van der Waals surface area contributed by atoms with Crippen molar-refractivity contribution in [2.45, 2.75) is 20.8 Å². The first-order chi connectivity index (χ1) is 32.2. The van der Waals surface area contributed by atoms with Gasteiger partial charge in [-0.05, 0) is 95.4 Å². The quantitative estimate of drug-likeness (QED) is 0.161. The molecule has 9 aromatic carbocycles. The van der Waals surface area contributed by atoms with Gasteiger partial charge in [-0.25, -0.2) is 15.0 Å². The van der Waals surface area contributed by atoms with Crippen molar-refractivity contribution in [3.63, 3.8) is 0 Å². The lowest BCUT2D eigenvalue weighted by atomic mass is 9.96. The van der Waals surface area contributed by atoms with Crippen LogP contribution in [0.2, 0.25) is 0 Å². The first-order valence-electron chi connectivity index (χ1n) is 22.4. The monoisotopic (exact) mass is 835 g/mol. The lowest BCUT2D eigenvalue weighted by Gasteiger charge is -2.16. The molecule has 0 spiro atoms. The fraction of sp³-hybridized carbons (Fsp3) is 0.0500. The summed E-state index contributed by atoms with van der Waals surface area (Å²) >= 11 is 0. The van der Waals surface area contributed by atoms with Crippen LogP contribution in [0.15, 0.2) is 218 Å². The molecule has 0 aliphatic heterocycles. The Bertz CT molecular complexity index is 3570. The Hall–Kier alpha value is -8.41. The van der Waals surface area contributed by atoms with E-state index in [1.165, 1.54) is 43.9 Å². The second kappa shape index (κ2) is 16.7. The molecule has 0 N–H and O–H groups in total. The van der Waals surface area contributed by atoms with Crippen molar-refractivity contribution in [3.8, 4) is 67.8 Å². The topological polar surface area (TPSA) is 48.5 Å². The maximum atomic E-state index is 5.26. The van der Waals surface area contributed by atoms with Crippen molar-refractivity contribution in [2.24, 2.45) is 0 Å². The van der Waals surface area contributed by atoms with E-state index in [4.69, 9.17) is 15.0 Å². The van der Waals surface area contributed by atoms with Gasteiger partial charge in [-0.15, -0.1) is 0 Å². The summed E-state index contributed by atoms with van der Waals surface area (Å²) < 4.78 is 4.79. The minimum absolute atomic E-state index is 0.611. The summed E-state index contributed by atoms with van der Waals surface area (Å²) in [6, 6.07) is 77.5. The molecule has 0 saturated carbocycles. The second-order valence-electron chi connectivity index (χ2n) is 16.1. The molecule has 0 radical (unpaired) electrons. The molecule has 0 aliphatic carbocycles. The van der Waals surface area contributed by atoms with Gasteiger partial charge in [-0.2, -0.15) is 0 Å². The predicted molar refractivity (Wildman–Crippen MR) is 272 cm³/mol. The van der Waals surface area contributed by atoms with Crippen molar-refractivity contribution < 1.29 is 0 Å². The van der Waals surface area contributed by atoms with Gasteiger partial charge in [0.15, 0.2) is 17.5 Å². The molecule has 0 fully saturated rings. The highest BCUT2D eigenvalue weighted by molar-refractivity contribution is 6.12. The van der Waals surface area contributed by atoms with Gasteiger partial charge in [0, 0.05) is 49.6 Å². The van der Waals surface area contributed by atoms with E-state index in [9.17, 15) is 0 Å². The summed E-state index contributed by atoms with van der Waals surface area (Å²) in [4.78, 5) is 15.6. The van der Waals surface area contributed by atoms with Crippen LogP contribution in [-0.2, 0) is 0 Å². The number of hydrogen-bond donors (Lipinski definition) is 0. The van der Waals surface area contributed by atoms with Crippen molar-refractivity contribution in [1.82, 2.24) is 24.1 Å². The molecule has 0 unspecified atom stereocenters. The number of benzene rings is 9. The molecule has 3 aromatic heterocycles. The van der Waals surface area contributed by atoms with Crippen molar-refractivity contribution in [2.75, 3.05) is 0 Å². The largest absolute Gasteiger partial charge is 0.309 e. The molecule has 310 valence electrons. The zero-order valence-corrected chi connectivity index (χ0v) is 36.5. The molecule has 3 heterocycles. The summed E-state index contributed by atoms with van der Waals surface area (Å²) in [5.41, 5.74) is 15.3. The van der Waals surface area contributed by atoms with Gasteiger partial charge in [0.2, 0.25) is 0 Å². The smallest absolute Gasteiger partial charge is 0.164 e. The van der Waals surface area contributed by atoms with E-state index in [-0.39, 0.29) is 0 Å². The number of aryl methyl sites for hydroxylation is 1. The number of hydrogen-bond acceptors (Lipinski definition) is 3. The molecule has 0 bridgehead atoms. The first-order valence-corrected chi connectivity index (χ1v) is 22.4.